The first-order valence-corrected chi connectivity index (χ1v) is 8.62. The van der Waals surface area contributed by atoms with Crippen LogP contribution < -0.4 is 4.72 Å². The van der Waals surface area contributed by atoms with Crippen LogP contribution in [0.5, 0.6) is 0 Å². The lowest BCUT2D eigenvalue weighted by Gasteiger charge is -2.06. The number of benzene rings is 1. The molecule has 1 heterocycles. The van der Waals surface area contributed by atoms with Crippen molar-refractivity contribution in [1.82, 2.24) is 4.98 Å². The molecule has 106 valence electrons. The summed E-state index contributed by atoms with van der Waals surface area (Å²) in [5.41, 5.74) is 0.965. The minimum absolute atomic E-state index is 0.320. The summed E-state index contributed by atoms with van der Waals surface area (Å²) < 4.78 is 40.3. The molecule has 0 spiro atoms. The van der Waals surface area contributed by atoms with Gasteiger partial charge in [0.05, 0.1) is 5.69 Å². The molecule has 0 radical (unpaired) electrons. The molecule has 4 nitrogen and oxygen atoms in total. The van der Waals surface area contributed by atoms with Crippen LogP contribution in [-0.2, 0) is 22.9 Å². The summed E-state index contributed by atoms with van der Waals surface area (Å²) in [6.07, 6.45) is 4.01. The van der Waals surface area contributed by atoms with E-state index in [4.69, 9.17) is 0 Å². The standard InChI is InChI=1S/C13H13FN2O2S2/c14-9-5-1-4-8-12(9)20(17,18)16-13-15-10-6-2-3-7-11(10)19-13/h1,4-5,8H,2-3,6-7H2,(H,15,16). The summed E-state index contributed by atoms with van der Waals surface area (Å²) in [5.74, 6) is -0.763. The Labute approximate surface area is 120 Å². The van der Waals surface area contributed by atoms with Gasteiger partial charge in [-0.05, 0) is 37.8 Å². The number of hydrogen-bond donors (Lipinski definition) is 1. The molecule has 0 saturated carbocycles. The summed E-state index contributed by atoms with van der Waals surface area (Å²) in [7, 11) is -3.92. The normalized spacial score (nSPS) is 14.8. The molecule has 2 aromatic rings. The fourth-order valence-electron chi connectivity index (χ4n) is 2.23. The van der Waals surface area contributed by atoms with Crippen molar-refractivity contribution in [1.29, 1.82) is 0 Å². The number of sulfonamides is 1. The molecule has 1 aromatic heterocycles. The smallest absolute Gasteiger partial charge is 0.255 e. The Kier molecular flexibility index (Phi) is 3.47. The van der Waals surface area contributed by atoms with Gasteiger partial charge in [-0.3, -0.25) is 4.72 Å². The zero-order valence-electron chi connectivity index (χ0n) is 10.6. The summed E-state index contributed by atoms with van der Waals surface area (Å²) in [6.45, 7) is 0. The molecule has 1 aliphatic rings. The van der Waals surface area contributed by atoms with Crippen molar-refractivity contribution in [3.63, 3.8) is 0 Å². The average Bonchev–Trinajstić information content (AvgIpc) is 2.80. The van der Waals surface area contributed by atoms with Gasteiger partial charge in [0.15, 0.2) is 5.13 Å². The molecule has 0 saturated heterocycles. The first-order valence-electron chi connectivity index (χ1n) is 6.32. The Balaban J connectivity index is 1.90. The van der Waals surface area contributed by atoms with E-state index in [1.54, 1.807) is 0 Å². The number of nitrogens with one attached hydrogen (secondary N) is 1. The Bertz CT molecular complexity index is 717. The van der Waals surface area contributed by atoms with Crippen LogP contribution in [0.4, 0.5) is 9.52 Å². The molecule has 0 aliphatic heterocycles. The lowest BCUT2D eigenvalue weighted by Crippen LogP contribution is -2.14. The quantitative estimate of drug-likeness (QED) is 0.948. The van der Waals surface area contributed by atoms with Crippen LogP contribution in [0.1, 0.15) is 23.4 Å². The SMILES string of the molecule is O=S(=O)(Nc1nc2c(s1)CCCC2)c1ccccc1F. The van der Waals surface area contributed by atoms with E-state index in [9.17, 15) is 12.8 Å². The Morgan fingerprint density at radius 2 is 1.95 bits per heavy atom. The number of nitrogens with zero attached hydrogens (tertiary/aromatic N) is 1. The minimum atomic E-state index is -3.92. The largest absolute Gasteiger partial charge is 0.266 e. The summed E-state index contributed by atoms with van der Waals surface area (Å²) in [6, 6.07) is 5.31. The molecule has 0 unspecified atom stereocenters. The Morgan fingerprint density at radius 3 is 2.70 bits per heavy atom. The van der Waals surface area contributed by atoms with Crippen molar-refractivity contribution in [2.45, 2.75) is 30.6 Å². The number of fused-ring (bicyclic) bond motifs is 1. The molecular formula is C13H13FN2O2S2. The number of aromatic nitrogens is 1. The third-order valence-corrected chi connectivity index (χ3v) is 5.77. The third-order valence-electron chi connectivity index (χ3n) is 3.19. The summed E-state index contributed by atoms with van der Waals surface area (Å²) in [4.78, 5) is 5.07. The highest BCUT2D eigenvalue weighted by Crippen LogP contribution is 2.31. The molecule has 1 aromatic carbocycles. The van der Waals surface area contributed by atoms with Crippen molar-refractivity contribution in [3.8, 4) is 0 Å². The number of rotatable bonds is 3. The molecule has 0 fully saturated rings. The topological polar surface area (TPSA) is 59.1 Å². The van der Waals surface area contributed by atoms with Crippen molar-refractivity contribution < 1.29 is 12.8 Å². The summed E-state index contributed by atoms with van der Waals surface area (Å²) in [5, 5.41) is 0.320. The lowest BCUT2D eigenvalue weighted by atomic mass is 10.0. The van der Waals surface area contributed by atoms with Crippen molar-refractivity contribution >= 4 is 26.5 Å². The molecule has 0 amide bonds. The van der Waals surface area contributed by atoms with Gasteiger partial charge >= 0.3 is 0 Å². The molecule has 0 bridgehead atoms. The van der Waals surface area contributed by atoms with Crippen LogP contribution in [0.2, 0.25) is 0 Å². The van der Waals surface area contributed by atoms with Gasteiger partial charge in [0.2, 0.25) is 0 Å². The molecule has 1 aliphatic carbocycles. The maximum absolute atomic E-state index is 13.6. The zero-order chi connectivity index (χ0) is 14.2. The molecule has 7 heteroatoms. The second-order valence-electron chi connectivity index (χ2n) is 4.63. The van der Waals surface area contributed by atoms with E-state index >= 15 is 0 Å². The number of aryl methyl sites for hydroxylation is 2. The van der Waals surface area contributed by atoms with Crippen molar-refractivity contribution in [2.24, 2.45) is 0 Å². The van der Waals surface area contributed by atoms with E-state index in [0.29, 0.717) is 5.13 Å². The fraction of sp³-hybridized carbons (Fsp3) is 0.308. The second-order valence-corrected chi connectivity index (χ2v) is 7.37. The Morgan fingerprint density at radius 1 is 1.20 bits per heavy atom. The van der Waals surface area contributed by atoms with Crippen LogP contribution in [0.15, 0.2) is 29.2 Å². The predicted molar refractivity (Wildman–Crippen MR) is 76.0 cm³/mol. The monoisotopic (exact) mass is 312 g/mol. The second kappa shape index (κ2) is 5.14. The van der Waals surface area contributed by atoms with Crippen molar-refractivity contribution in [2.75, 3.05) is 4.72 Å². The minimum Gasteiger partial charge on any atom is -0.255 e. The van der Waals surface area contributed by atoms with Crippen LogP contribution in [-0.4, -0.2) is 13.4 Å². The zero-order valence-corrected chi connectivity index (χ0v) is 12.2. The van der Waals surface area contributed by atoms with E-state index in [0.717, 1.165) is 42.3 Å². The molecular weight excluding hydrogens is 299 g/mol. The first-order chi connectivity index (χ1) is 9.56. The maximum Gasteiger partial charge on any atom is 0.266 e. The molecule has 1 N–H and O–H groups in total. The van der Waals surface area contributed by atoms with E-state index in [1.165, 1.54) is 29.5 Å². The highest BCUT2D eigenvalue weighted by Gasteiger charge is 2.22. The van der Waals surface area contributed by atoms with Gasteiger partial charge in [-0.1, -0.05) is 12.1 Å². The number of thiazole rings is 1. The van der Waals surface area contributed by atoms with E-state index < -0.39 is 15.8 Å². The van der Waals surface area contributed by atoms with Gasteiger partial charge in [-0.2, -0.15) is 0 Å². The Hall–Kier alpha value is -1.47. The van der Waals surface area contributed by atoms with Gasteiger partial charge in [-0.15, -0.1) is 11.3 Å². The average molecular weight is 312 g/mol. The van der Waals surface area contributed by atoms with Crippen LogP contribution in [0.3, 0.4) is 0 Å². The third kappa shape index (κ3) is 2.55. The van der Waals surface area contributed by atoms with E-state index in [-0.39, 0.29) is 4.90 Å². The van der Waals surface area contributed by atoms with E-state index in [1.807, 2.05) is 0 Å². The molecule has 3 rings (SSSR count). The van der Waals surface area contributed by atoms with Gasteiger partial charge in [0.1, 0.15) is 10.7 Å². The van der Waals surface area contributed by atoms with E-state index in [2.05, 4.69) is 9.71 Å². The van der Waals surface area contributed by atoms with Crippen LogP contribution in [0, 0.1) is 5.82 Å². The first kappa shape index (κ1) is 13.5. The highest BCUT2D eigenvalue weighted by atomic mass is 32.2. The molecule has 20 heavy (non-hydrogen) atoms. The predicted octanol–water partition coefficient (Wildman–Crippen LogP) is 2.96. The number of anilines is 1. The van der Waals surface area contributed by atoms with Crippen LogP contribution in [0.25, 0.3) is 0 Å². The lowest BCUT2D eigenvalue weighted by molar-refractivity contribution is 0.570. The van der Waals surface area contributed by atoms with Crippen LogP contribution >= 0.6 is 11.3 Å². The number of halogens is 1. The number of hydrogen-bond acceptors (Lipinski definition) is 4. The van der Waals surface area contributed by atoms with Gasteiger partial charge in [0.25, 0.3) is 10.0 Å². The fourth-order valence-corrected chi connectivity index (χ4v) is 4.59. The highest BCUT2D eigenvalue weighted by molar-refractivity contribution is 7.93. The van der Waals surface area contributed by atoms with Gasteiger partial charge in [0, 0.05) is 4.88 Å². The summed E-state index contributed by atoms with van der Waals surface area (Å²) >= 11 is 1.34. The molecule has 0 atom stereocenters. The van der Waals surface area contributed by atoms with Gasteiger partial charge < -0.3 is 0 Å². The van der Waals surface area contributed by atoms with Crippen molar-refractivity contribution in [3.05, 3.63) is 40.7 Å². The van der Waals surface area contributed by atoms with Gasteiger partial charge in [-0.25, -0.2) is 17.8 Å². The maximum atomic E-state index is 13.6.